The Bertz CT molecular complexity index is 1050. The Labute approximate surface area is 210 Å². The van der Waals surface area contributed by atoms with Crippen molar-refractivity contribution in [2.75, 3.05) is 39.3 Å². The van der Waals surface area contributed by atoms with Crippen molar-refractivity contribution in [3.8, 4) is 5.75 Å². The first-order valence-electron chi connectivity index (χ1n) is 11.4. The average molecular weight is 552 g/mol. The zero-order chi connectivity index (χ0) is 24.4. The molecule has 1 aliphatic heterocycles. The van der Waals surface area contributed by atoms with E-state index in [9.17, 15) is 13.2 Å². The molecule has 1 N–H and O–H groups in total. The molecule has 10 heteroatoms. The van der Waals surface area contributed by atoms with E-state index in [0.717, 1.165) is 35.0 Å². The number of piperazine rings is 1. The number of unbranched alkanes of at least 4 members (excludes halogenated alkanes) is 2. The van der Waals surface area contributed by atoms with Crippen LogP contribution in [0.4, 0.5) is 0 Å². The number of hydrazone groups is 1. The second-order valence-corrected chi connectivity index (χ2v) is 10.9. The summed E-state index contributed by atoms with van der Waals surface area (Å²) < 4.78 is 33.5. The summed E-state index contributed by atoms with van der Waals surface area (Å²) in [5.41, 5.74) is 3.39. The maximum absolute atomic E-state index is 12.8. The highest BCUT2D eigenvalue weighted by molar-refractivity contribution is 9.10. The Morgan fingerprint density at radius 3 is 2.38 bits per heavy atom. The van der Waals surface area contributed by atoms with E-state index in [-0.39, 0.29) is 17.3 Å². The number of hydrogen-bond acceptors (Lipinski definition) is 6. The van der Waals surface area contributed by atoms with Crippen LogP contribution < -0.4 is 10.2 Å². The van der Waals surface area contributed by atoms with Crippen molar-refractivity contribution in [2.45, 2.75) is 31.1 Å². The first kappa shape index (κ1) is 26.3. The number of halogens is 1. The molecular formula is C24H31BrN4O4S. The third-order valence-electron chi connectivity index (χ3n) is 5.45. The summed E-state index contributed by atoms with van der Waals surface area (Å²) in [6, 6.07) is 14.1. The van der Waals surface area contributed by atoms with Crippen LogP contribution in [0.1, 0.15) is 31.7 Å². The first-order valence-corrected chi connectivity index (χ1v) is 13.6. The fraction of sp³-hybridized carbons (Fsp3) is 0.417. The van der Waals surface area contributed by atoms with Crippen molar-refractivity contribution in [3.63, 3.8) is 0 Å². The second kappa shape index (κ2) is 13.0. The Hall–Kier alpha value is -2.27. The number of amides is 1. The van der Waals surface area contributed by atoms with Gasteiger partial charge in [-0.1, -0.05) is 35.7 Å². The van der Waals surface area contributed by atoms with Gasteiger partial charge in [0.05, 0.1) is 24.3 Å². The molecule has 1 amide bonds. The average Bonchev–Trinajstić information content (AvgIpc) is 2.83. The zero-order valence-corrected chi connectivity index (χ0v) is 21.7. The number of carbonyl (C=O) groups is 1. The van der Waals surface area contributed by atoms with Gasteiger partial charge in [-0.2, -0.15) is 9.41 Å². The van der Waals surface area contributed by atoms with Crippen LogP contribution in [-0.2, 0) is 14.8 Å². The van der Waals surface area contributed by atoms with E-state index in [1.54, 1.807) is 30.5 Å². The summed E-state index contributed by atoms with van der Waals surface area (Å²) in [6.07, 6.45) is 4.95. The third kappa shape index (κ3) is 7.90. The van der Waals surface area contributed by atoms with Crippen molar-refractivity contribution in [1.82, 2.24) is 14.6 Å². The Morgan fingerprint density at radius 1 is 1.06 bits per heavy atom. The zero-order valence-electron chi connectivity index (χ0n) is 19.3. The summed E-state index contributed by atoms with van der Waals surface area (Å²) in [4.78, 5) is 14.4. The van der Waals surface area contributed by atoms with Gasteiger partial charge in [-0.3, -0.25) is 9.69 Å². The molecule has 0 unspecified atom stereocenters. The molecule has 3 rings (SSSR count). The largest absolute Gasteiger partial charge is 0.494 e. The summed E-state index contributed by atoms with van der Waals surface area (Å²) >= 11 is 3.32. The fourth-order valence-electron chi connectivity index (χ4n) is 3.49. The van der Waals surface area contributed by atoms with E-state index < -0.39 is 10.0 Å². The van der Waals surface area contributed by atoms with Crippen LogP contribution in [0.25, 0.3) is 0 Å². The number of benzene rings is 2. The maximum atomic E-state index is 12.8. The maximum Gasteiger partial charge on any atom is 0.254 e. The lowest BCUT2D eigenvalue weighted by Crippen LogP contribution is -2.50. The highest BCUT2D eigenvalue weighted by Gasteiger charge is 2.28. The van der Waals surface area contributed by atoms with Crippen molar-refractivity contribution in [2.24, 2.45) is 5.10 Å². The van der Waals surface area contributed by atoms with Gasteiger partial charge in [0.2, 0.25) is 10.0 Å². The molecule has 1 fully saturated rings. The number of nitrogens with zero attached hydrogens (tertiary/aromatic N) is 3. The number of nitrogens with one attached hydrogen (secondary N) is 1. The second-order valence-electron chi connectivity index (χ2n) is 8.05. The Balaban J connectivity index is 1.39. The molecule has 1 saturated heterocycles. The molecule has 0 spiro atoms. The van der Waals surface area contributed by atoms with Crippen molar-refractivity contribution in [3.05, 3.63) is 58.6 Å². The SMILES string of the molecule is CCCCCOc1ccc(C=NNC(=O)CN2CCN(S(=O)(=O)c3ccc(Br)cc3)CC2)cc1. The van der Waals surface area contributed by atoms with Crippen LogP contribution in [0.2, 0.25) is 0 Å². The third-order valence-corrected chi connectivity index (χ3v) is 7.89. The smallest absolute Gasteiger partial charge is 0.254 e. The minimum Gasteiger partial charge on any atom is -0.494 e. The molecule has 1 aliphatic rings. The minimum atomic E-state index is -3.53. The monoisotopic (exact) mass is 550 g/mol. The molecule has 8 nitrogen and oxygen atoms in total. The predicted molar refractivity (Wildman–Crippen MR) is 137 cm³/mol. The number of rotatable bonds is 11. The molecule has 0 bridgehead atoms. The van der Waals surface area contributed by atoms with E-state index in [2.05, 4.69) is 33.4 Å². The molecule has 2 aromatic rings. The number of hydrogen-bond donors (Lipinski definition) is 1. The van der Waals surface area contributed by atoms with Gasteiger partial charge in [0.25, 0.3) is 5.91 Å². The minimum absolute atomic E-state index is 0.161. The van der Waals surface area contributed by atoms with Crippen LogP contribution in [-0.4, -0.2) is 69.1 Å². The summed E-state index contributed by atoms with van der Waals surface area (Å²) in [7, 11) is -3.53. The predicted octanol–water partition coefficient (Wildman–Crippen LogP) is 3.47. The lowest BCUT2D eigenvalue weighted by molar-refractivity contribution is -0.122. The molecule has 34 heavy (non-hydrogen) atoms. The van der Waals surface area contributed by atoms with Crippen LogP contribution in [0.5, 0.6) is 5.75 Å². The lowest BCUT2D eigenvalue weighted by Gasteiger charge is -2.33. The van der Waals surface area contributed by atoms with Crippen LogP contribution in [0, 0.1) is 0 Å². The number of carbonyl (C=O) groups excluding carboxylic acids is 1. The molecule has 0 radical (unpaired) electrons. The van der Waals surface area contributed by atoms with E-state index in [1.807, 2.05) is 29.2 Å². The lowest BCUT2D eigenvalue weighted by atomic mass is 10.2. The van der Waals surface area contributed by atoms with Crippen molar-refractivity contribution in [1.29, 1.82) is 0 Å². The van der Waals surface area contributed by atoms with Gasteiger partial charge in [0, 0.05) is 30.7 Å². The Kier molecular flexibility index (Phi) is 10.1. The van der Waals surface area contributed by atoms with Gasteiger partial charge in [0.15, 0.2) is 0 Å². The van der Waals surface area contributed by atoms with Crippen LogP contribution >= 0.6 is 15.9 Å². The highest BCUT2D eigenvalue weighted by atomic mass is 79.9. The molecule has 184 valence electrons. The quantitative estimate of drug-likeness (QED) is 0.263. The summed E-state index contributed by atoms with van der Waals surface area (Å²) in [6.45, 7) is 4.66. The fourth-order valence-corrected chi connectivity index (χ4v) is 5.18. The summed E-state index contributed by atoms with van der Waals surface area (Å²) in [5.74, 6) is 0.579. The van der Waals surface area contributed by atoms with E-state index >= 15 is 0 Å². The van der Waals surface area contributed by atoms with Gasteiger partial charge >= 0.3 is 0 Å². The molecule has 2 aromatic carbocycles. The van der Waals surface area contributed by atoms with Crippen LogP contribution in [0.3, 0.4) is 0 Å². The van der Waals surface area contributed by atoms with E-state index in [0.29, 0.717) is 32.8 Å². The van der Waals surface area contributed by atoms with Gasteiger partial charge in [0.1, 0.15) is 5.75 Å². The molecular weight excluding hydrogens is 520 g/mol. The normalized spacial score (nSPS) is 15.5. The molecule has 1 heterocycles. The molecule has 0 saturated carbocycles. The van der Waals surface area contributed by atoms with E-state index in [1.165, 1.54) is 4.31 Å². The van der Waals surface area contributed by atoms with Crippen molar-refractivity contribution >= 4 is 38.1 Å². The van der Waals surface area contributed by atoms with E-state index in [4.69, 9.17) is 4.74 Å². The molecule has 0 aliphatic carbocycles. The Morgan fingerprint density at radius 2 is 1.74 bits per heavy atom. The van der Waals surface area contributed by atoms with Gasteiger partial charge in [-0.05, 0) is 60.5 Å². The molecule has 0 atom stereocenters. The first-order chi connectivity index (χ1) is 16.4. The number of ether oxygens (including phenoxy) is 1. The topological polar surface area (TPSA) is 91.3 Å². The number of sulfonamides is 1. The van der Waals surface area contributed by atoms with Crippen LogP contribution in [0.15, 0.2) is 63.0 Å². The standard InChI is InChI=1S/C24H31BrN4O4S/c1-2-3-4-17-33-22-9-5-20(6-10-22)18-26-27-24(30)19-28-13-15-29(16-14-28)34(31,32)23-11-7-21(25)8-12-23/h5-12,18H,2-4,13-17,19H2,1H3,(H,27,30). The summed E-state index contributed by atoms with van der Waals surface area (Å²) in [5, 5.41) is 4.02. The van der Waals surface area contributed by atoms with Gasteiger partial charge in [-0.15, -0.1) is 0 Å². The van der Waals surface area contributed by atoms with Gasteiger partial charge < -0.3 is 4.74 Å². The highest BCUT2D eigenvalue weighted by Crippen LogP contribution is 2.20. The van der Waals surface area contributed by atoms with Gasteiger partial charge in [-0.25, -0.2) is 13.8 Å². The molecule has 0 aromatic heterocycles. The van der Waals surface area contributed by atoms with Crippen molar-refractivity contribution < 1.29 is 17.9 Å².